The van der Waals surface area contributed by atoms with E-state index in [2.05, 4.69) is 22.0 Å². The van der Waals surface area contributed by atoms with Crippen molar-refractivity contribution < 1.29 is 14.0 Å². The lowest BCUT2D eigenvalue weighted by atomic mass is 10.1. The topological polar surface area (TPSA) is 77.5 Å². The van der Waals surface area contributed by atoms with E-state index in [4.69, 9.17) is 9.68 Å². The number of para-hydroxylation sites is 1. The molecule has 0 N–H and O–H groups in total. The van der Waals surface area contributed by atoms with Crippen LogP contribution in [0.1, 0.15) is 18.6 Å². The molecule has 7 heteroatoms. The minimum absolute atomic E-state index is 0.0755. The molecule has 2 heterocycles. The Morgan fingerprint density at radius 2 is 2.15 bits per heavy atom. The molecule has 134 valence electrons. The van der Waals surface area contributed by atoms with Gasteiger partial charge in [0.2, 0.25) is 11.8 Å². The standard InChI is InChI=1S/C19H18BrN3O3/c20-16-6-1-2-7-17(16)23-12-14(11-18(23)24)19(25)22(9-4-8-21)13-15-5-3-10-26-15/h1-3,5-7,10,14H,4,9,11-13H2/t14-/m1/s1. The normalized spacial score (nSPS) is 16.5. The van der Waals surface area contributed by atoms with Gasteiger partial charge in [-0.2, -0.15) is 5.26 Å². The Labute approximate surface area is 160 Å². The van der Waals surface area contributed by atoms with Crippen molar-refractivity contribution in [3.05, 3.63) is 52.9 Å². The first-order chi connectivity index (χ1) is 12.6. The summed E-state index contributed by atoms with van der Waals surface area (Å²) in [4.78, 5) is 28.7. The van der Waals surface area contributed by atoms with Gasteiger partial charge in [-0.05, 0) is 40.2 Å². The van der Waals surface area contributed by atoms with Crippen LogP contribution in [0.5, 0.6) is 0 Å². The highest BCUT2D eigenvalue weighted by Crippen LogP contribution is 2.32. The number of anilines is 1. The van der Waals surface area contributed by atoms with Crippen LogP contribution in [0.3, 0.4) is 0 Å². The van der Waals surface area contributed by atoms with Crippen molar-refractivity contribution in [2.45, 2.75) is 19.4 Å². The lowest BCUT2D eigenvalue weighted by Gasteiger charge is -2.24. The predicted molar refractivity (Wildman–Crippen MR) is 99.0 cm³/mol. The van der Waals surface area contributed by atoms with Gasteiger partial charge in [-0.25, -0.2) is 0 Å². The molecule has 0 saturated carbocycles. The van der Waals surface area contributed by atoms with Gasteiger partial charge in [0.1, 0.15) is 5.76 Å². The monoisotopic (exact) mass is 415 g/mol. The van der Waals surface area contributed by atoms with E-state index in [-0.39, 0.29) is 24.7 Å². The van der Waals surface area contributed by atoms with Crippen LogP contribution in [0, 0.1) is 17.2 Å². The number of carbonyl (C=O) groups excluding carboxylic acids is 2. The van der Waals surface area contributed by atoms with Gasteiger partial charge >= 0.3 is 0 Å². The molecule has 0 unspecified atom stereocenters. The molecule has 0 spiro atoms. The van der Waals surface area contributed by atoms with Gasteiger partial charge in [0, 0.05) is 24.0 Å². The lowest BCUT2D eigenvalue weighted by Crippen LogP contribution is -2.37. The van der Waals surface area contributed by atoms with Crippen molar-refractivity contribution in [3.63, 3.8) is 0 Å². The second-order valence-electron chi connectivity index (χ2n) is 6.10. The summed E-state index contributed by atoms with van der Waals surface area (Å²) in [5.41, 5.74) is 0.766. The summed E-state index contributed by atoms with van der Waals surface area (Å²) in [6.07, 6.45) is 1.96. The summed E-state index contributed by atoms with van der Waals surface area (Å²) >= 11 is 3.46. The summed E-state index contributed by atoms with van der Waals surface area (Å²) < 4.78 is 6.14. The molecule has 1 aromatic carbocycles. The van der Waals surface area contributed by atoms with Crippen molar-refractivity contribution in [1.82, 2.24) is 4.90 Å². The Kier molecular flexibility index (Phi) is 5.74. The van der Waals surface area contributed by atoms with Crippen LogP contribution in [0.15, 0.2) is 51.6 Å². The SMILES string of the molecule is N#CCCN(Cc1ccco1)C(=O)[C@@H]1CC(=O)N(c2ccccc2Br)C1. The van der Waals surface area contributed by atoms with Crippen LogP contribution < -0.4 is 4.90 Å². The van der Waals surface area contributed by atoms with Crippen molar-refractivity contribution in [1.29, 1.82) is 5.26 Å². The number of nitriles is 1. The molecule has 1 atom stereocenters. The Balaban J connectivity index is 1.74. The van der Waals surface area contributed by atoms with Crippen LogP contribution in [0.25, 0.3) is 0 Å². The highest BCUT2D eigenvalue weighted by Gasteiger charge is 2.37. The minimum Gasteiger partial charge on any atom is -0.467 e. The zero-order chi connectivity index (χ0) is 18.5. The number of hydrogen-bond donors (Lipinski definition) is 0. The molecule has 0 bridgehead atoms. The van der Waals surface area contributed by atoms with Gasteiger partial charge in [0.25, 0.3) is 0 Å². The molecule has 1 aliphatic rings. The molecule has 6 nitrogen and oxygen atoms in total. The van der Waals surface area contributed by atoms with Crippen molar-refractivity contribution in [2.24, 2.45) is 5.92 Å². The van der Waals surface area contributed by atoms with Crippen molar-refractivity contribution in [2.75, 3.05) is 18.0 Å². The van der Waals surface area contributed by atoms with E-state index in [9.17, 15) is 9.59 Å². The minimum atomic E-state index is -0.428. The molecule has 0 radical (unpaired) electrons. The molecule has 2 aromatic rings. The zero-order valence-electron chi connectivity index (χ0n) is 14.1. The molecule has 1 aliphatic heterocycles. The molecule has 0 aliphatic carbocycles. The number of hydrogen-bond acceptors (Lipinski definition) is 4. The maximum absolute atomic E-state index is 13.0. The molecule has 2 amide bonds. The molecular formula is C19H18BrN3O3. The van der Waals surface area contributed by atoms with Crippen LogP contribution in [0.4, 0.5) is 5.69 Å². The average molecular weight is 416 g/mol. The number of carbonyl (C=O) groups is 2. The second kappa shape index (κ2) is 8.19. The predicted octanol–water partition coefficient (Wildman–Crippen LogP) is 3.34. The molecule has 1 aromatic heterocycles. The van der Waals surface area contributed by atoms with Gasteiger partial charge in [0.05, 0.1) is 36.9 Å². The molecule has 1 saturated heterocycles. The fourth-order valence-electron chi connectivity index (χ4n) is 3.08. The third-order valence-corrected chi connectivity index (χ3v) is 5.02. The van der Waals surface area contributed by atoms with Gasteiger partial charge in [0.15, 0.2) is 0 Å². The number of benzene rings is 1. The smallest absolute Gasteiger partial charge is 0.228 e. The van der Waals surface area contributed by atoms with E-state index in [1.165, 1.54) is 0 Å². The zero-order valence-corrected chi connectivity index (χ0v) is 15.7. The highest BCUT2D eigenvalue weighted by molar-refractivity contribution is 9.10. The first kappa shape index (κ1) is 18.2. The molecular weight excluding hydrogens is 398 g/mol. The van der Waals surface area contributed by atoms with Crippen LogP contribution in [0.2, 0.25) is 0 Å². The van der Waals surface area contributed by atoms with E-state index in [0.717, 1.165) is 10.2 Å². The summed E-state index contributed by atoms with van der Waals surface area (Å²) in [6, 6.07) is 13.1. The van der Waals surface area contributed by atoms with Gasteiger partial charge < -0.3 is 14.2 Å². The summed E-state index contributed by atoms with van der Waals surface area (Å²) in [5.74, 6) is 0.0274. The molecule has 3 rings (SSSR count). The van der Waals surface area contributed by atoms with Gasteiger partial charge in [-0.15, -0.1) is 0 Å². The summed E-state index contributed by atoms with van der Waals surface area (Å²) in [6.45, 7) is 0.949. The Morgan fingerprint density at radius 1 is 1.35 bits per heavy atom. The van der Waals surface area contributed by atoms with E-state index in [1.807, 2.05) is 24.3 Å². The van der Waals surface area contributed by atoms with Gasteiger partial charge in [-0.3, -0.25) is 9.59 Å². The van der Waals surface area contributed by atoms with E-state index >= 15 is 0 Å². The maximum atomic E-state index is 13.0. The third kappa shape index (κ3) is 3.97. The molecule has 26 heavy (non-hydrogen) atoms. The van der Waals surface area contributed by atoms with E-state index in [1.54, 1.807) is 28.2 Å². The second-order valence-corrected chi connectivity index (χ2v) is 6.96. The first-order valence-corrected chi connectivity index (χ1v) is 9.12. The number of halogens is 1. The fraction of sp³-hybridized carbons (Fsp3) is 0.316. The quantitative estimate of drug-likeness (QED) is 0.724. The first-order valence-electron chi connectivity index (χ1n) is 8.33. The Bertz CT molecular complexity index is 829. The number of rotatable bonds is 6. The lowest BCUT2D eigenvalue weighted by molar-refractivity contribution is -0.136. The average Bonchev–Trinajstić information content (AvgIpc) is 3.28. The van der Waals surface area contributed by atoms with E-state index in [0.29, 0.717) is 25.4 Å². The highest BCUT2D eigenvalue weighted by atomic mass is 79.9. The Morgan fingerprint density at radius 3 is 2.85 bits per heavy atom. The number of amides is 2. The maximum Gasteiger partial charge on any atom is 0.228 e. The van der Waals surface area contributed by atoms with Crippen molar-refractivity contribution in [3.8, 4) is 6.07 Å². The molecule has 1 fully saturated rings. The van der Waals surface area contributed by atoms with Crippen LogP contribution in [-0.4, -0.2) is 29.8 Å². The summed E-state index contributed by atoms with van der Waals surface area (Å²) in [7, 11) is 0. The summed E-state index contributed by atoms with van der Waals surface area (Å²) in [5, 5.41) is 8.87. The Hall–Kier alpha value is -2.59. The van der Waals surface area contributed by atoms with E-state index < -0.39 is 5.92 Å². The number of furan rings is 1. The largest absolute Gasteiger partial charge is 0.467 e. The van der Waals surface area contributed by atoms with Crippen LogP contribution in [-0.2, 0) is 16.1 Å². The van der Waals surface area contributed by atoms with Crippen molar-refractivity contribution >= 4 is 33.4 Å². The third-order valence-electron chi connectivity index (χ3n) is 4.35. The fourth-order valence-corrected chi connectivity index (χ4v) is 3.58. The van der Waals surface area contributed by atoms with Crippen LogP contribution >= 0.6 is 15.9 Å². The van der Waals surface area contributed by atoms with Gasteiger partial charge in [-0.1, -0.05) is 12.1 Å². The number of nitrogens with zero attached hydrogens (tertiary/aromatic N) is 3.